The van der Waals surface area contributed by atoms with E-state index in [1.54, 1.807) is 17.0 Å². The number of hydrogen-bond donors (Lipinski definition) is 1. The van der Waals surface area contributed by atoms with Gasteiger partial charge in [0.1, 0.15) is 16.5 Å². The van der Waals surface area contributed by atoms with Crippen molar-refractivity contribution in [1.82, 2.24) is 0 Å². The molecule has 1 N–H and O–H groups in total. The third kappa shape index (κ3) is 3.95. The van der Waals surface area contributed by atoms with Gasteiger partial charge in [-0.3, -0.25) is 9.52 Å². The zero-order valence-corrected chi connectivity index (χ0v) is 15.8. The maximum atomic E-state index is 13.8. The lowest BCUT2D eigenvalue weighted by molar-refractivity contribution is -0.121. The SMILES string of the molecule is CC(C)C(=O)N1CCCc2cc(NS(=O)(=O)c3ccc(F)cc3F)ccc21. The van der Waals surface area contributed by atoms with E-state index >= 15 is 0 Å². The number of rotatable bonds is 4. The largest absolute Gasteiger partial charge is 0.312 e. The van der Waals surface area contributed by atoms with Crippen molar-refractivity contribution >= 4 is 27.3 Å². The molecule has 5 nitrogen and oxygen atoms in total. The second-order valence-corrected chi connectivity index (χ2v) is 8.42. The fourth-order valence-electron chi connectivity index (χ4n) is 3.10. The Balaban J connectivity index is 1.90. The zero-order valence-electron chi connectivity index (χ0n) is 15.0. The van der Waals surface area contributed by atoms with Gasteiger partial charge in [-0.1, -0.05) is 13.8 Å². The standard InChI is InChI=1S/C19H20F2N2O3S/c1-12(2)19(24)23-9-3-4-13-10-15(6-7-17(13)23)22-27(25,26)18-8-5-14(20)11-16(18)21/h5-8,10-12,22H,3-4,9H2,1-2H3. The Hall–Kier alpha value is -2.48. The molecule has 0 saturated heterocycles. The second-order valence-electron chi connectivity index (χ2n) is 6.77. The van der Waals surface area contributed by atoms with Crippen LogP contribution < -0.4 is 9.62 Å². The van der Waals surface area contributed by atoms with E-state index in [4.69, 9.17) is 0 Å². The molecule has 0 unspecified atom stereocenters. The molecule has 0 aromatic heterocycles. The number of halogens is 2. The number of aryl methyl sites for hydroxylation is 1. The van der Waals surface area contributed by atoms with Gasteiger partial charge in [-0.2, -0.15) is 0 Å². The number of carbonyl (C=O) groups is 1. The van der Waals surface area contributed by atoms with Crippen LogP contribution in [0.3, 0.4) is 0 Å². The van der Waals surface area contributed by atoms with Gasteiger partial charge in [-0.25, -0.2) is 17.2 Å². The normalized spacial score (nSPS) is 14.2. The molecule has 0 saturated carbocycles. The first-order valence-corrected chi connectivity index (χ1v) is 10.1. The van der Waals surface area contributed by atoms with E-state index in [0.29, 0.717) is 19.0 Å². The summed E-state index contributed by atoms with van der Waals surface area (Å²) in [5, 5.41) is 0. The molecule has 1 heterocycles. The molecule has 1 aliphatic rings. The zero-order chi connectivity index (χ0) is 19.8. The van der Waals surface area contributed by atoms with Gasteiger partial charge < -0.3 is 4.90 Å². The summed E-state index contributed by atoms with van der Waals surface area (Å²) in [6.45, 7) is 4.28. The summed E-state index contributed by atoms with van der Waals surface area (Å²) in [6, 6.07) is 7.16. The summed E-state index contributed by atoms with van der Waals surface area (Å²) in [6.07, 6.45) is 1.48. The van der Waals surface area contributed by atoms with Crippen molar-refractivity contribution in [3.63, 3.8) is 0 Å². The molecule has 0 fully saturated rings. The molecule has 1 amide bonds. The summed E-state index contributed by atoms with van der Waals surface area (Å²) in [7, 11) is -4.20. The lowest BCUT2D eigenvalue weighted by atomic mass is 9.99. The Kier molecular flexibility index (Phi) is 5.19. The first-order chi connectivity index (χ1) is 12.7. The fraction of sp³-hybridized carbons (Fsp3) is 0.316. The van der Waals surface area contributed by atoms with E-state index in [0.717, 1.165) is 29.8 Å². The molecule has 2 aromatic carbocycles. The summed E-state index contributed by atoms with van der Waals surface area (Å²) >= 11 is 0. The monoisotopic (exact) mass is 394 g/mol. The number of amides is 1. The molecule has 0 bridgehead atoms. The third-order valence-corrected chi connectivity index (χ3v) is 5.81. The van der Waals surface area contributed by atoms with Crippen molar-refractivity contribution in [2.75, 3.05) is 16.2 Å². The number of fused-ring (bicyclic) bond motifs is 1. The third-order valence-electron chi connectivity index (χ3n) is 4.39. The van der Waals surface area contributed by atoms with E-state index in [-0.39, 0.29) is 17.5 Å². The van der Waals surface area contributed by atoms with Gasteiger partial charge in [0.2, 0.25) is 5.91 Å². The van der Waals surface area contributed by atoms with Crippen molar-refractivity contribution in [3.05, 3.63) is 53.6 Å². The number of nitrogens with zero attached hydrogens (tertiary/aromatic N) is 1. The van der Waals surface area contributed by atoms with Crippen LogP contribution >= 0.6 is 0 Å². The van der Waals surface area contributed by atoms with Gasteiger partial charge in [0.15, 0.2) is 0 Å². The van der Waals surface area contributed by atoms with Crippen molar-refractivity contribution < 1.29 is 22.0 Å². The molecular formula is C19H20F2N2O3S. The highest BCUT2D eigenvalue weighted by atomic mass is 32.2. The van der Waals surface area contributed by atoms with Crippen LogP contribution in [-0.4, -0.2) is 20.9 Å². The van der Waals surface area contributed by atoms with Crippen LogP contribution in [0.2, 0.25) is 0 Å². The highest BCUT2D eigenvalue weighted by Gasteiger charge is 2.25. The number of benzene rings is 2. The van der Waals surface area contributed by atoms with Gasteiger partial charge in [-0.15, -0.1) is 0 Å². The molecular weight excluding hydrogens is 374 g/mol. The minimum absolute atomic E-state index is 0.0117. The van der Waals surface area contributed by atoms with Crippen LogP contribution in [0.25, 0.3) is 0 Å². The highest BCUT2D eigenvalue weighted by molar-refractivity contribution is 7.92. The minimum Gasteiger partial charge on any atom is -0.312 e. The molecule has 144 valence electrons. The molecule has 27 heavy (non-hydrogen) atoms. The van der Waals surface area contributed by atoms with E-state index in [1.807, 2.05) is 13.8 Å². The highest BCUT2D eigenvalue weighted by Crippen LogP contribution is 2.31. The minimum atomic E-state index is -4.20. The van der Waals surface area contributed by atoms with E-state index < -0.39 is 26.6 Å². The maximum Gasteiger partial charge on any atom is 0.264 e. The average Bonchev–Trinajstić information content (AvgIpc) is 2.59. The number of nitrogens with one attached hydrogen (secondary N) is 1. The summed E-state index contributed by atoms with van der Waals surface area (Å²) in [4.78, 5) is 13.4. The first-order valence-electron chi connectivity index (χ1n) is 8.61. The van der Waals surface area contributed by atoms with Gasteiger partial charge in [-0.05, 0) is 48.7 Å². The van der Waals surface area contributed by atoms with Gasteiger partial charge in [0, 0.05) is 29.9 Å². The van der Waals surface area contributed by atoms with E-state index in [1.165, 1.54) is 6.07 Å². The Labute approximate surface area is 157 Å². The van der Waals surface area contributed by atoms with Gasteiger partial charge in [0.25, 0.3) is 10.0 Å². The van der Waals surface area contributed by atoms with Crippen LogP contribution in [0.15, 0.2) is 41.3 Å². The molecule has 8 heteroatoms. The summed E-state index contributed by atoms with van der Waals surface area (Å²) in [5.74, 6) is -2.14. The van der Waals surface area contributed by atoms with Crippen molar-refractivity contribution in [3.8, 4) is 0 Å². The molecule has 3 rings (SSSR count). The van der Waals surface area contributed by atoms with Crippen molar-refractivity contribution in [1.29, 1.82) is 0 Å². The number of carbonyl (C=O) groups excluding carboxylic acids is 1. The maximum absolute atomic E-state index is 13.8. The van der Waals surface area contributed by atoms with Gasteiger partial charge >= 0.3 is 0 Å². The number of sulfonamides is 1. The average molecular weight is 394 g/mol. The van der Waals surface area contributed by atoms with E-state index in [2.05, 4.69) is 4.72 Å². The van der Waals surface area contributed by atoms with Gasteiger partial charge in [0.05, 0.1) is 0 Å². The molecule has 2 aromatic rings. The Bertz CT molecular complexity index is 990. The topological polar surface area (TPSA) is 66.5 Å². The van der Waals surface area contributed by atoms with Crippen LogP contribution in [0.1, 0.15) is 25.8 Å². The van der Waals surface area contributed by atoms with E-state index in [9.17, 15) is 22.0 Å². The van der Waals surface area contributed by atoms with Crippen molar-refractivity contribution in [2.24, 2.45) is 5.92 Å². The quantitative estimate of drug-likeness (QED) is 0.860. The molecule has 0 aliphatic carbocycles. The Morgan fingerprint density at radius 2 is 1.89 bits per heavy atom. The molecule has 0 spiro atoms. The number of hydrogen-bond acceptors (Lipinski definition) is 3. The van der Waals surface area contributed by atoms with Crippen LogP contribution in [0, 0.1) is 17.6 Å². The van der Waals surface area contributed by atoms with Crippen LogP contribution in [0.4, 0.5) is 20.2 Å². The van der Waals surface area contributed by atoms with Crippen LogP contribution in [0.5, 0.6) is 0 Å². The molecule has 1 aliphatic heterocycles. The predicted molar refractivity (Wildman–Crippen MR) is 99.1 cm³/mol. The van der Waals surface area contributed by atoms with Crippen LogP contribution in [-0.2, 0) is 21.2 Å². The second kappa shape index (κ2) is 7.26. The Morgan fingerprint density at radius 1 is 1.15 bits per heavy atom. The Morgan fingerprint density at radius 3 is 2.56 bits per heavy atom. The summed E-state index contributed by atoms with van der Waals surface area (Å²) < 4.78 is 54.0. The lowest BCUT2D eigenvalue weighted by Gasteiger charge is -2.31. The van der Waals surface area contributed by atoms with Crippen molar-refractivity contribution in [2.45, 2.75) is 31.6 Å². The lowest BCUT2D eigenvalue weighted by Crippen LogP contribution is -2.38. The first kappa shape index (κ1) is 19.3. The predicted octanol–water partition coefficient (Wildman–Crippen LogP) is 3.70. The fourth-order valence-corrected chi connectivity index (χ4v) is 4.21. The molecule has 0 atom stereocenters. The number of anilines is 2. The smallest absolute Gasteiger partial charge is 0.264 e. The molecule has 0 radical (unpaired) electrons. The summed E-state index contributed by atoms with van der Waals surface area (Å²) in [5.41, 5.74) is 1.86.